The van der Waals surface area contributed by atoms with E-state index < -0.39 is 23.8 Å². The minimum Gasteiger partial charge on any atom is -0.453 e. The molecule has 0 spiro atoms. The molecule has 0 radical (unpaired) electrons. The van der Waals surface area contributed by atoms with Crippen LogP contribution in [0.1, 0.15) is 39.4 Å². The molecule has 0 aliphatic rings. The maximum atomic E-state index is 12.4. The lowest BCUT2D eigenvalue weighted by Gasteiger charge is -2.26. The highest BCUT2D eigenvalue weighted by Gasteiger charge is 2.25. The van der Waals surface area contributed by atoms with Crippen molar-refractivity contribution in [1.29, 1.82) is 0 Å². The second-order valence-electron chi connectivity index (χ2n) is 8.11. The highest BCUT2D eigenvalue weighted by Crippen LogP contribution is 2.31. The van der Waals surface area contributed by atoms with Crippen LogP contribution < -0.4 is 16.4 Å². The van der Waals surface area contributed by atoms with Gasteiger partial charge in [0.1, 0.15) is 5.60 Å². The van der Waals surface area contributed by atoms with Crippen LogP contribution in [0.15, 0.2) is 49.2 Å². The monoisotopic (exact) mass is 426 g/mol. The standard InChI is InChI=1S/C23H30N4O4/c1-7-14(2)20(27-22(29)31-23(3,4)5)19-12-15(10-11-25-19)17-9-8-16(13-18(17)24)26-21(28)30-6/h7-14,20H,1,24H2,2-6H3,(H,26,28)(H,27,29)/t14-,20-/m0/s1. The normalized spacial score (nSPS) is 12.9. The fraction of sp³-hybridized carbons (Fsp3) is 0.348. The number of ether oxygens (including phenoxy) is 2. The van der Waals surface area contributed by atoms with Crippen molar-refractivity contribution < 1.29 is 19.1 Å². The van der Waals surface area contributed by atoms with E-state index in [1.807, 2.05) is 19.1 Å². The van der Waals surface area contributed by atoms with E-state index in [-0.39, 0.29) is 5.92 Å². The van der Waals surface area contributed by atoms with Crippen LogP contribution in [0.3, 0.4) is 0 Å². The Balaban J connectivity index is 2.34. The molecule has 0 aliphatic heterocycles. The Morgan fingerprint density at radius 1 is 1.19 bits per heavy atom. The Labute approximate surface area is 182 Å². The van der Waals surface area contributed by atoms with Crippen molar-refractivity contribution in [2.45, 2.75) is 39.3 Å². The molecule has 0 fully saturated rings. The second-order valence-corrected chi connectivity index (χ2v) is 8.11. The van der Waals surface area contributed by atoms with E-state index in [0.717, 1.165) is 11.1 Å². The third kappa shape index (κ3) is 6.74. The number of amides is 2. The zero-order valence-corrected chi connectivity index (χ0v) is 18.6. The van der Waals surface area contributed by atoms with E-state index in [1.54, 1.807) is 51.2 Å². The number of nitrogens with two attached hydrogens (primary N) is 1. The van der Waals surface area contributed by atoms with Gasteiger partial charge >= 0.3 is 12.2 Å². The van der Waals surface area contributed by atoms with Gasteiger partial charge in [0.15, 0.2) is 0 Å². The van der Waals surface area contributed by atoms with Gasteiger partial charge in [0.2, 0.25) is 0 Å². The number of nitrogen functional groups attached to an aromatic ring is 1. The Hall–Kier alpha value is -3.55. The fourth-order valence-electron chi connectivity index (χ4n) is 2.90. The van der Waals surface area contributed by atoms with Crippen LogP contribution in [-0.2, 0) is 9.47 Å². The lowest BCUT2D eigenvalue weighted by atomic mass is 9.95. The Morgan fingerprint density at radius 3 is 2.48 bits per heavy atom. The molecule has 0 bridgehead atoms. The molecule has 2 aromatic rings. The number of benzene rings is 1. The molecule has 0 saturated heterocycles. The van der Waals surface area contributed by atoms with E-state index in [4.69, 9.17) is 10.5 Å². The number of carbonyl (C=O) groups excluding carboxylic acids is 2. The summed E-state index contributed by atoms with van der Waals surface area (Å²) < 4.78 is 9.99. The zero-order valence-electron chi connectivity index (χ0n) is 18.6. The Morgan fingerprint density at radius 2 is 1.90 bits per heavy atom. The number of hydrogen-bond acceptors (Lipinski definition) is 6. The number of aromatic nitrogens is 1. The summed E-state index contributed by atoms with van der Waals surface area (Å²) in [6.45, 7) is 11.2. The van der Waals surface area contributed by atoms with Crippen molar-refractivity contribution >= 4 is 23.6 Å². The summed E-state index contributed by atoms with van der Waals surface area (Å²) in [6.07, 6.45) is 2.30. The largest absolute Gasteiger partial charge is 0.453 e. The van der Waals surface area contributed by atoms with Gasteiger partial charge in [-0.05, 0) is 56.5 Å². The summed E-state index contributed by atoms with van der Waals surface area (Å²) in [5, 5.41) is 5.46. The van der Waals surface area contributed by atoms with Gasteiger partial charge in [0.05, 0.1) is 18.8 Å². The van der Waals surface area contributed by atoms with Crippen LogP contribution in [0.4, 0.5) is 21.0 Å². The molecule has 2 atom stereocenters. The van der Waals surface area contributed by atoms with Gasteiger partial charge in [-0.1, -0.05) is 19.1 Å². The summed E-state index contributed by atoms with van der Waals surface area (Å²) in [6, 6.07) is 8.43. The predicted octanol–water partition coefficient (Wildman–Crippen LogP) is 4.90. The number of nitrogens with zero attached hydrogens (tertiary/aromatic N) is 1. The minimum absolute atomic E-state index is 0.0979. The number of anilines is 2. The van der Waals surface area contributed by atoms with Gasteiger partial charge in [0, 0.05) is 23.1 Å². The molecule has 0 unspecified atom stereocenters. The van der Waals surface area contributed by atoms with Crippen molar-refractivity contribution in [3.63, 3.8) is 0 Å². The molecule has 8 nitrogen and oxygen atoms in total. The van der Waals surface area contributed by atoms with Crippen LogP contribution >= 0.6 is 0 Å². The quantitative estimate of drug-likeness (QED) is 0.447. The molecular formula is C23H30N4O4. The third-order valence-corrected chi connectivity index (χ3v) is 4.46. The van der Waals surface area contributed by atoms with Gasteiger partial charge in [-0.3, -0.25) is 10.3 Å². The van der Waals surface area contributed by atoms with Crippen molar-refractivity contribution in [3.8, 4) is 11.1 Å². The molecule has 1 heterocycles. The van der Waals surface area contributed by atoms with Crippen molar-refractivity contribution in [2.75, 3.05) is 18.2 Å². The lowest BCUT2D eigenvalue weighted by molar-refractivity contribution is 0.0492. The topological polar surface area (TPSA) is 116 Å². The van der Waals surface area contributed by atoms with E-state index >= 15 is 0 Å². The summed E-state index contributed by atoms with van der Waals surface area (Å²) >= 11 is 0. The number of nitrogens with one attached hydrogen (secondary N) is 2. The van der Waals surface area contributed by atoms with E-state index in [1.165, 1.54) is 7.11 Å². The van der Waals surface area contributed by atoms with Gasteiger partial charge < -0.3 is 20.5 Å². The van der Waals surface area contributed by atoms with Gasteiger partial charge in [-0.15, -0.1) is 6.58 Å². The summed E-state index contributed by atoms with van der Waals surface area (Å²) in [5.41, 5.74) is 8.82. The first-order valence-corrected chi connectivity index (χ1v) is 9.87. The van der Waals surface area contributed by atoms with Crippen LogP contribution in [0.25, 0.3) is 11.1 Å². The highest BCUT2D eigenvalue weighted by molar-refractivity contribution is 5.87. The second kappa shape index (κ2) is 9.97. The SMILES string of the molecule is C=C[C@H](C)[C@H](NC(=O)OC(C)(C)C)c1cc(-c2ccc(NC(=O)OC)cc2N)ccn1. The minimum atomic E-state index is -0.615. The number of methoxy groups -OCH3 is 1. The zero-order chi connectivity index (χ0) is 23.2. The summed E-state index contributed by atoms with van der Waals surface area (Å²) in [7, 11) is 1.29. The average molecular weight is 427 g/mol. The summed E-state index contributed by atoms with van der Waals surface area (Å²) in [5.74, 6) is -0.0979. The Bertz CT molecular complexity index is 953. The average Bonchev–Trinajstić information content (AvgIpc) is 2.70. The van der Waals surface area contributed by atoms with Crippen LogP contribution in [0.5, 0.6) is 0 Å². The third-order valence-electron chi connectivity index (χ3n) is 4.46. The molecule has 2 rings (SSSR count). The number of rotatable bonds is 6. The molecule has 0 aliphatic carbocycles. The molecule has 166 valence electrons. The van der Waals surface area contributed by atoms with E-state index in [9.17, 15) is 9.59 Å². The first kappa shape index (κ1) is 23.7. The number of pyridine rings is 1. The van der Waals surface area contributed by atoms with Gasteiger partial charge in [0.25, 0.3) is 0 Å². The molecule has 1 aromatic heterocycles. The first-order valence-electron chi connectivity index (χ1n) is 9.87. The first-order chi connectivity index (χ1) is 14.5. The van der Waals surface area contributed by atoms with Crippen LogP contribution in [0, 0.1) is 5.92 Å². The number of hydrogen-bond donors (Lipinski definition) is 3. The molecule has 4 N–H and O–H groups in total. The molecular weight excluding hydrogens is 396 g/mol. The highest BCUT2D eigenvalue weighted by atomic mass is 16.6. The molecule has 31 heavy (non-hydrogen) atoms. The molecule has 8 heteroatoms. The molecule has 2 amide bonds. The van der Waals surface area contributed by atoms with Crippen molar-refractivity contribution in [2.24, 2.45) is 5.92 Å². The lowest BCUT2D eigenvalue weighted by Crippen LogP contribution is -2.37. The van der Waals surface area contributed by atoms with Crippen LogP contribution in [-0.4, -0.2) is 29.9 Å². The van der Waals surface area contributed by atoms with E-state index in [2.05, 4.69) is 26.9 Å². The number of alkyl carbamates (subject to hydrolysis) is 1. The maximum absolute atomic E-state index is 12.4. The smallest absolute Gasteiger partial charge is 0.411 e. The van der Waals surface area contributed by atoms with Crippen LogP contribution in [0.2, 0.25) is 0 Å². The molecule has 0 saturated carbocycles. The summed E-state index contributed by atoms with van der Waals surface area (Å²) in [4.78, 5) is 28.2. The predicted molar refractivity (Wildman–Crippen MR) is 122 cm³/mol. The Kier molecular flexibility index (Phi) is 7.63. The number of carbonyl (C=O) groups is 2. The maximum Gasteiger partial charge on any atom is 0.411 e. The van der Waals surface area contributed by atoms with E-state index in [0.29, 0.717) is 17.1 Å². The van der Waals surface area contributed by atoms with Gasteiger partial charge in [-0.25, -0.2) is 9.59 Å². The fourth-order valence-corrected chi connectivity index (χ4v) is 2.90. The van der Waals surface area contributed by atoms with Crippen molar-refractivity contribution in [1.82, 2.24) is 10.3 Å². The molecule has 1 aromatic carbocycles. The van der Waals surface area contributed by atoms with Gasteiger partial charge in [-0.2, -0.15) is 0 Å². The van der Waals surface area contributed by atoms with Crippen molar-refractivity contribution in [3.05, 3.63) is 54.9 Å².